The number of carbonyl (C=O) groups excluding carboxylic acids is 2. The quantitative estimate of drug-likeness (QED) is 0.469. The molecule has 266 valence electrons. The summed E-state index contributed by atoms with van der Waals surface area (Å²) < 4.78 is 39.6. The summed E-state index contributed by atoms with van der Waals surface area (Å²) in [5, 5.41) is 9.95. The van der Waals surface area contributed by atoms with Gasteiger partial charge in [0.2, 0.25) is 11.8 Å². The maximum Gasteiger partial charge on any atom is 0.407 e. The first kappa shape index (κ1) is 35.0. The number of morpholine rings is 1. The first-order valence-electron chi connectivity index (χ1n) is 17.1. The lowest BCUT2D eigenvalue weighted by Crippen LogP contribution is -2.65. The number of hydrogen-bond acceptors (Lipinski definition) is 8. The van der Waals surface area contributed by atoms with Crippen LogP contribution in [0.5, 0.6) is 5.88 Å². The number of anilines is 1. The van der Waals surface area contributed by atoms with Gasteiger partial charge in [-0.1, -0.05) is 12.1 Å². The van der Waals surface area contributed by atoms with Gasteiger partial charge in [-0.2, -0.15) is 0 Å². The molecule has 2 aromatic rings. The van der Waals surface area contributed by atoms with E-state index in [-0.39, 0.29) is 99.1 Å². The highest BCUT2D eigenvalue weighted by Crippen LogP contribution is 2.36. The molecule has 1 aromatic heterocycles. The number of carbonyl (C=O) groups is 3. The smallest absolute Gasteiger partial charge is 0.407 e. The molecule has 6 atom stereocenters. The maximum atomic E-state index is 14.4. The Morgan fingerprint density at radius 3 is 2.33 bits per heavy atom. The van der Waals surface area contributed by atoms with Crippen molar-refractivity contribution >= 4 is 23.6 Å². The highest BCUT2D eigenvalue weighted by Gasteiger charge is 2.41. The zero-order valence-corrected chi connectivity index (χ0v) is 28.6. The van der Waals surface area contributed by atoms with Crippen LogP contribution < -0.4 is 9.64 Å². The first-order chi connectivity index (χ1) is 23.4. The highest BCUT2D eigenvalue weighted by molar-refractivity contribution is 5.99. The molecule has 4 aliphatic rings. The molecule has 49 heavy (non-hydrogen) atoms. The van der Waals surface area contributed by atoms with Gasteiger partial charge in [0.25, 0.3) is 5.91 Å². The van der Waals surface area contributed by atoms with Crippen LogP contribution in [0.15, 0.2) is 30.3 Å². The number of benzene rings is 1. The Morgan fingerprint density at radius 2 is 1.67 bits per heavy atom. The van der Waals surface area contributed by atoms with Crippen LogP contribution >= 0.6 is 0 Å². The van der Waals surface area contributed by atoms with Gasteiger partial charge in [-0.15, -0.1) is 0 Å². The standard InChI is InChI=1S/C35H46F2N6O6/c1-21-13-40(29(16-42(21)35(46)47)15-41-22(2)18-48-19-23(41)3)17-31(44)43-24(4)20-49-33-30(43)12-26(11-25-5-7-27(36)8-6-25)32(38-33)34(45)39-10-9-28(37)14-39/h5-8,12,21-24,28-29H,9-11,13-20H2,1-4H3,(H,46,47)/t21-,22-,23-,24+,28-,29+/m1/s1. The Kier molecular flexibility index (Phi) is 10.4. The van der Waals surface area contributed by atoms with Gasteiger partial charge in [-0.25, -0.2) is 18.6 Å². The SMILES string of the molecule is C[C@@H]1CN(CC(=O)N2c3cc(Cc4ccc(F)cc4)c(C(=O)N4CC[C@@H](F)C4)nc3OC[C@@H]2C)[C@@H](CN2[C@H](C)COC[C@H]2C)CN1C(=O)O. The van der Waals surface area contributed by atoms with E-state index in [0.717, 1.165) is 5.56 Å². The van der Waals surface area contributed by atoms with Crippen LogP contribution in [-0.2, 0) is 16.0 Å². The largest absolute Gasteiger partial charge is 0.474 e. The molecule has 14 heteroatoms. The van der Waals surface area contributed by atoms with Crippen molar-refractivity contribution in [2.75, 3.05) is 64.0 Å². The molecule has 3 fully saturated rings. The van der Waals surface area contributed by atoms with Gasteiger partial charge in [0, 0.05) is 50.3 Å². The molecule has 0 saturated carbocycles. The molecule has 0 radical (unpaired) electrons. The number of carboxylic acid groups (broad SMARTS) is 1. The van der Waals surface area contributed by atoms with Crippen LogP contribution in [0.2, 0.25) is 0 Å². The monoisotopic (exact) mass is 684 g/mol. The molecule has 3 saturated heterocycles. The topological polar surface area (TPSA) is 119 Å². The fourth-order valence-electron chi connectivity index (χ4n) is 7.52. The summed E-state index contributed by atoms with van der Waals surface area (Å²) >= 11 is 0. The van der Waals surface area contributed by atoms with E-state index in [1.807, 2.05) is 13.8 Å². The second-order valence-corrected chi connectivity index (χ2v) is 14.0. The summed E-state index contributed by atoms with van der Waals surface area (Å²) in [6, 6.07) is 7.07. The Balaban J connectivity index is 1.31. The van der Waals surface area contributed by atoms with E-state index in [2.05, 4.69) is 28.6 Å². The van der Waals surface area contributed by atoms with Gasteiger partial charge in [-0.3, -0.25) is 19.4 Å². The molecule has 1 N–H and O–H groups in total. The molecular formula is C35H46F2N6O6. The molecule has 0 spiro atoms. The molecule has 4 aliphatic heterocycles. The van der Waals surface area contributed by atoms with Gasteiger partial charge in [-0.05, 0) is 69.9 Å². The van der Waals surface area contributed by atoms with Crippen molar-refractivity contribution in [2.45, 2.75) is 76.9 Å². The minimum Gasteiger partial charge on any atom is -0.474 e. The van der Waals surface area contributed by atoms with Crippen LogP contribution in [0, 0.1) is 5.82 Å². The first-order valence-corrected chi connectivity index (χ1v) is 17.1. The fourth-order valence-corrected chi connectivity index (χ4v) is 7.52. The molecule has 0 aliphatic carbocycles. The molecule has 12 nitrogen and oxygen atoms in total. The lowest BCUT2D eigenvalue weighted by Gasteiger charge is -2.48. The van der Waals surface area contributed by atoms with Crippen molar-refractivity contribution in [3.8, 4) is 5.88 Å². The summed E-state index contributed by atoms with van der Waals surface area (Å²) in [7, 11) is 0. The van der Waals surface area contributed by atoms with Crippen molar-refractivity contribution in [1.82, 2.24) is 24.6 Å². The average Bonchev–Trinajstić information content (AvgIpc) is 3.50. The fraction of sp³-hybridized carbons (Fsp3) is 0.600. The van der Waals surface area contributed by atoms with E-state index in [1.54, 1.807) is 23.1 Å². The summed E-state index contributed by atoms with van der Waals surface area (Å²) in [6.07, 6.45) is -1.60. The number of rotatable bonds is 7. The lowest BCUT2D eigenvalue weighted by molar-refractivity contribution is -0.122. The van der Waals surface area contributed by atoms with Crippen LogP contribution in [0.25, 0.3) is 0 Å². The van der Waals surface area contributed by atoms with E-state index in [0.29, 0.717) is 37.6 Å². The third-order valence-electron chi connectivity index (χ3n) is 10.2. The van der Waals surface area contributed by atoms with E-state index in [9.17, 15) is 28.3 Å². The highest BCUT2D eigenvalue weighted by atomic mass is 19.1. The second kappa shape index (κ2) is 14.5. The third-order valence-corrected chi connectivity index (χ3v) is 10.2. The number of ether oxygens (including phenoxy) is 2. The molecule has 3 amide bonds. The molecule has 0 bridgehead atoms. The molecule has 6 rings (SSSR count). The summed E-state index contributed by atoms with van der Waals surface area (Å²) in [5.41, 5.74) is 1.80. The van der Waals surface area contributed by atoms with Crippen molar-refractivity contribution in [3.05, 3.63) is 53.0 Å². The Labute approximate surface area is 285 Å². The van der Waals surface area contributed by atoms with Crippen molar-refractivity contribution in [1.29, 1.82) is 0 Å². The van der Waals surface area contributed by atoms with Gasteiger partial charge in [0.1, 0.15) is 30.0 Å². The number of pyridine rings is 1. The maximum absolute atomic E-state index is 14.4. The third kappa shape index (κ3) is 7.51. The van der Waals surface area contributed by atoms with Crippen LogP contribution in [-0.4, -0.2) is 143 Å². The normalized spacial score (nSPS) is 27.9. The zero-order valence-electron chi connectivity index (χ0n) is 28.6. The minimum absolute atomic E-state index is 0.0210. The van der Waals surface area contributed by atoms with Gasteiger partial charge < -0.3 is 29.3 Å². The van der Waals surface area contributed by atoms with Gasteiger partial charge >= 0.3 is 6.09 Å². The number of nitrogens with zero attached hydrogens (tertiary/aromatic N) is 6. The summed E-state index contributed by atoms with van der Waals surface area (Å²) in [4.78, 5) is 53.8. The number of likely N-dealkylation sites (tertiary alicyclic amines) is 1. The number of amides is 3. The van der Waals surface area contributed by atoms with Crippen molar-refractivity contribution in [3.63, 3.8) is 0 Å². The Morgan fingerprint density at radius 1 is 0.959 bits per heavy atom. The molecule has 0 unspecified atom stereocenters. The van der Waals surface area contributed by atoms with Crippen LogP contribution in [0.1, 0.15) is 55.7 Å². The summed E-state index contributed by atoms with van der Waals surface area (Å²) in [6.45, 7) is 10.8. The second-order valence-electron chi connectivity index (χ2n) is 14.0. The minimum atomic E-state index is -1.11. The number of aromatic nitrogens is 1. The van der Waals surface area contributed by atoms with Crippen LogP contribution in [0.4, 0.5) is 19.3 Å². The predicted molar refractivity (Wildman–Crippen MR) is 177 cm³/mol. The number of hydrogen-bond donors (Lipinski definition) is 1. The van der Waals surface area contributed by atoms with E-state index >= 15 is 0 Å². The summed E-state index contributed by atoms with van der Waals surface area (Å²) in [5.74, 6) is -0.859. The average molecular weight is 685 g/mol. The van der Waals surface area contributed by atoms with E-state index in [4.69, 9.17) is 9.47 Å². The van der Waals surface area contributed by atoms with Crippen LogP contribution in [0.3, 0.4) is 0 Å². The Hall–Kier alpha value is -3.88. The van der Waals surface area contributed by atoms with Gasteiger partial charge in [0.05, 0.1) is 32.3 Å². The lowest BCUT2D eigenvalue weighted by atomic mass is 10.0. The predicted octanol–water partition coefficient (Wildman–Crippen LogP) is 3.27. The van der Waals surface area contributed by atoms with Crippen molar-refractivity contribution < 1.29 is 37.7 Å². The zero-order chi connectivity index (χ0) is 35.0. The van der Waals surface area contributed by atoms with Crippen molar-refractivity contribution in [2.24, 2.45) is 0 Å². The number of halogens is 2. The van der Waals surface area contributed by atoms with E-state index < -0.39 is 18.2 Å². The van der Waals surface area contributed by atoms with E-state index in [1.165, 1.54) is 21.9 Å². The molecular weight excluding hydrogens is 638 g/mol. The Bertz CT molecular complexity index is 1540. The van der Waals surface area contributed by atoms with Gasteiger partial charge in [0.15, 0.2) is 0 Å². The number of alkyl halides is 1. The molecule has 1 aromatic carbocycles. The number of fused-ring (bicyclic) bond motifs is 1. The number of piperazine rings is 1. The molecule has 5 heterocycles.